The average Bonchev–Trinajstić information content (AvgIpc) is 3.30. The van der Waals surface area contributed by atoms with Crippen LogP contribution >= 0.6 is 71.2 Å². The molecular weight excluding hydrogens is 603 g/mol. The monoisotopic (exact) mass is 622 g/mol. The van der Waals surface area contributed by atoms with Crippen molar-refractivity contribution in [2.75, 3.05) is 6.54 Å². The van der Waals surface area contributed by atoms with Crippen LogP contribution in [-0.4, -0.2) is 53.9 Å². The van der Waals surface area contributed by atoms with Crippen molar-refractivity contribution in [3.63, 3.8) is 0 Å². The Balaban J connectivity index is 1.35. The third-order valence-corrected chi connectivity index (χ3v) is 8.95. The van der Waals surface area contributed by atoms with Crippen LogP contribution in [0.3, 0.4) is 0 Å². The lowest BCUT2D eigenvalue weighted by Gasteiger charge is -2.23. The molecule has 1 atom stereocenters. The first-order chi connectivity index (χ1) is 18.1. The highest BCUT2D eigenvalue weighted by molar-refractivity contribution is 8.27. The summed E-state index contributed by atoms with van der Waals surface area (Å²) >= 11 is 24.9. The molecule has 2 fully saturated rings. The summed E-state index contributed by atoms with van der Waals surface area (Å²) in [5.41, 5.74) is 1.60. The van der Waals surface area contributed by atoms with Crippen molar-refractivity contribution in [1.82, 2.24) is 9.80 Å². The third kappa shape index (κ3) is 6.86. The second-order valence-electron chi connectivity index (χ2n) is 8.34. The molecule has 0 aromatic heterocycles. The second-order valence-corrected chi connectivity index (χ2v) is 12.6. The molecule has 2 aliphatic rings. The molecule has 0 aliphatic carbocycles. The highest BCUT2D eigenvalue weighted by Gasteiger charge is 2.40. The van der Waals surface area contributed by atoms with Crippen molar-refractivity contribution in [3.05, 3.63) is 79.5 Å². The van der Waals surface area contributed by atoms with E-state index < -0.39 is 17.9 Å². The molecule has 38 heavy (non-hydrogen) atoms. The Hall–Kier alpha value is -2.21. The summed E-state index contributed by atoms with van der Waals surface area (Å²) in [5.74, 6) is -1.76. The van der Waals surface area contributed by atoms with Gasteiger partial charge in [0.05, 0.1) is 9.81 Å². The van der Waals surface area contributed by atoms with Crippen LogP contribution in [-0.2, 0) is 14.4 Å². The number of amides is 2. The van der Waals surface area contributed by atoms with Crippen molar-refractivity contribution in [1.29, 1.82) is 0 Å². The molecule has 0 saturated carbocycles. The van der Waals surface area contributed by atoms with Gasteiger partial charge in [-0.2, -0.15) is 0 Å². The summed E-state index contributed by atoms with van der Waals surface area (Å²) in [7, 11) is 0. The second kappa shape index (κ2) is 12.8. The minimum atomic E-state index is -1.13. The van der Waals surface area contributed by atoms with Crippen LogP contribution in [0.25, 0.3) is 12.2 Å². The zero-order chi connectivity index (χ0) is 27.4. The van der Waals surface area contributed by atoms with Gasteiger partial charge in [0.2, 0.25) is 0 Å². The number of nitrogens with zero attached hydrogens (tertiary/aromatic N) is 2. The van der Waals surface area contributed by atoms with E-state index in [1.807, 2.05) is 12.1 Å². The molecule has 0 bridgehead atoms. The Kier molecular flexibility index (Phi) is 9.67. The van der Waals surface area contributed by atoms with Gasteiger partial charge >= 0.3 is 5.97 Å². The van der Waals surface area contributed by atoms with E-state index in [2.05, 4.69) is 0 Å². The smallest absolute Gasteiger partial charge is 0.326 e. The van der Waals surface area contributed by atoms with Crippen LogP contribution in [0.15, 0.2) is 58.3 Å². The number of thiocarbonyl (C=S) groups is 2. The van der Waals surface area contributed by atoms with Gasteiger partial charge in [-0.25, -0.2) is 4.79 Å². The fourth-order valence-corrected chi connectivity index (χ4v) is 6.75. The zero-order valence-electron chi connectivity index (χ0n) is 19.6. The molecule has 2 heterocycles. The standard InChI is InChI=1S/C26H20Cl2N2O4S4/c27-17-8-4-15(5-9-17)13-20-22(31)29(25(35)37-20)12-2-1-3-19(24(33)34)30-23(32)21(38-26(30)36)14-16-6-10-18(28)11-7-16/h4-11,13-14,19H,1-3,12H2,(H,33,34)/b20-13+,21-14+. The summed E-state index contributed by atoms with van der Waals surface area (Å²) in [6.45, 7) is 0.351. The Morgan fingerprint density at radius 1 is 0.842 bits per heavy atom. The van der Waals surface area contributed by atoms with Gasteiger partial charge in [0.25, 0.3) is 11.8 Å². The van der Waals surface area contributed by atoms with Crippen molar-refractivity contribution >= 4 is 110 Å². The van der Waals surface area contributed by atoms with Crippen molar-refractivity contribution in [2.24, 2.45) is 0 Å². The van der Waals surface area contributed by atoms with Crippen LogP contribution in [0.1, 0.15) is 30.4 Å². The summed E-state index contributed by atoms with van der Waals surface area (Å²) < 4.78 is 0.654. The SMILES string of the molecule is O=C(O)C(CCCCN1C(=O)/C(=C\c2ccc(Cl)cc2)SC1=S)N1C(=O)/C(=C\c2ccc(Cl)cc2)SC1=S. The molecule has 2 saturated heterocycles. The van der Waals surface area contributed by atoms with E-state index in [9.17, 15) is 19.5 Å². The highest BCUT2D eigenvalue weighted by atomic mass is 35.5. The Bertz CT molecular complexity index is 1360. The molecule has 2 amide bonds. The molecule has 4 rings (SSSR count). The molecular formula is C26H20Cl2N2O4S4. The maximum absolute atomic E-state index is 13.0. The van der Waals surface area contributed by atoms with E-state index in [1.165, 1.54) is 21.6 Å². The van der Waals surface area contributed by atoms with Gasteiger partial charge in [-0.05, 0) is 66.8 Å². The normalized spacial score (nSPS) is 18.8. The van der Waals surface area contributed by atoms with Gasteiger partial charge in [0.15, 0.2) is 0 Å². The van der Waals surface area contributed by atoms with E-state index >= 15 is 0 Å². The zero-order valence-corrected chi connectivity index (χ0v) is 24.4. The Morgan fingerprint density at radius 2 is 1.34 bits per heavy atom. The quantitative estimate of drug-likeness (QED) is 0.188. The molecule has 1 unspecified atom stereocenters. The molecule has 12 heteroatoms. The third-order valence-electron chi connectivity index (χ3n) is 5.74. The maximum atomic E-state index is 13.0. The fraction of sp³-hybridized carbons (Fsp3) is 0.192. The average molecular weight is 624 g/mol. The van der Waals surface area contributed by atoms with E-state index in [4.69, 9.17) is 47.6 Å². The molecule has 196 valence electrons. The molecule has 2 aliphatic heterocycles. The van der Waals surface area contributed by atoms with Gasteiger partial charge in [-0.15, -0.1) is 0 Å². The van der Waals surface area contributed by atoms with Crippen LogP contribution in [0.2, 0.25) is 10.0 Å². The van der Waals surface area contributed by atoms with E-state index in [1.54, 1.807) is 48.6 Å². The van der Waals surface area contributed by atoms with Crippen molar-refractivity contribution in [2.45, 2.75) is 25.3 Å². The van der Waals surface area contributed by atoms with Gasteiger partial charge in [0.1, 0.15) is 14.7 Å². The van der Waals surface area contributed by atoms with Crippen molar-refractivity contribution < 1.29 is 19.5 Å². The largest absolute Gasteiger partial charge is 0.480 e. The first-order valence-electron chi connectivity index (χ1n) is 11.4. The lowest BCUT2D eigenvalue weighted by Crippen LogP contribution is -2.44. The van der Waals surface area contributed by atoms with E-state index in [-0.39, 0.29) is 16.6 Å². The number of carbonyl (C=O) groups excluding carboxylic acids is 2. The first-order valence-corrected chi connectivity index (χ1v) is 14.6. The molecule has 2 aromatic carbocycles. The summed E-state index contributed by atoms with van der Waals surface area (Å²) in [5, 5.41) is 11.0. The highest BCUT2D eigenvalue weighted by Crippen LogP contribution is 2.36. The lowest BCUT2D eigenvalue weighted by atomic mass is 10.1. The number of hydrogen-bond acceptors (Lipinski definition) is 7. The van der Waals surface area contributed by atoms with Crippen LogP contribution in [0.4, 0.5) is 0 Å². The minimum absolute atomic E-state index is 0.186. The number of benzene rings is 2. The van der Waals surface area contributed by atoms with Gasteiger partial charge in [-0.1, -0.05) is 95.4 Å². The number of carboxylic acid groups (broad SMARTS) is 1. The molecule has 6 nitrogen and oxygen atoms in total. The topological polar surface area (TPSA) is 77.9 Å². The van der Waals surface area contributed by atoms with Gasteiger partial charge in [-0.3, -0.25) is 19.4 Å². The number of thioether (sulfide) groups is 2. The number of aliphatic carboxylic acids is 1. The molecule has 0 radical (unpaired) electrons. The predicted molar refractivity (Wildman–Crippen MR) is 163 cm³/mol. The molecule has 2 aromatic rings. The lowest BCUT2D eigenvalue weighted by molar-refractivity contribution is -0.145. The number of halogens is 2. The first kappa shape index (κ1) is 28.8. The summed E-state index contributed by atoms with van der Waals surface area (Å²) in [6, 6.07) is 13.0. The number of rotatable bonds is 9. The summed E-state index contributed by atoms with van der Waals surface area (Å²) in [6.07, 6.45) is 4.59. The van der Waals surface area contributed by atoms with Crippen molar-refractivity contribution in [3.8, 4) is 0 Å². The summed E-state index contributed by atoms with van der Waals surface area (Å²) in [4.78, 5) is 41.5. The Labute approximate surface area is 249 Å². The number of carbonyl (C=O) groups is 3. The maximum Gasteiger partial charge on any atom is 0.326 e. The minimum Gasteiger partial charge on any atom is -0.480 e. The number of carboxylic acids is 1. The molecule has 1 N–H and O–H groups in total. The van der Waals surface area contributed by atoms with E-state index in [0.717, 1.165) is 22.9 Å². The van der Waals surface area contributed by atoms with Crippen LogP contribution < -0.4 is 0 Å². The van der Waals surface area contributed by atoms with Gasteiger partial charge < -0.3 is 5.11 Å². The van der Waals surface area contributed by atoms with Crippen LogP contribution in [0, 0.1) is 0 Å². The Morgan fingerprint density at radius 3 is 1.87 bits per heavy atom. The molecule has 0 spiro atoms. The van der Waals surface area contributed by atoms with Crippen LogP contribution in [0.5, 0.6) is 0 Å². The number of unbranched alkanes of at least 4 members (excludes halogenated alkanes) is 1. The number of hydrogen-bond donors (Lipinski definition) is 1. The van der Waals surface area contributed by atoms with E-state index in [0.29, 0.717) is 43.6 Å². The fourth-order valence-electron chi connectivity index (χ4n) is 3.83. The predicted octanol–water partition coefficient (Wildman–Crippen LogP) is 6.72. The van der Waals surface area contributed by atoms with Gasteiger partial charge in [0, 0.05) is 16.6 Å².